The number of carbonyl (C=O) groups excluding carboxylic acids is 2. The van der Waals surface area contributed by atoms with Crippen LogP contribution in [0.15, 0.2) is 43.4 Å². The molecule has 172 valence electrons. The standard InChI is InChI=1S/C23H22N8O2S/c1-4-20-29-31-10-16(28-23(31)34-20)6-19(32)27-15-5-14(7-24-8-15)21(33)18-11-30(13(2)3)22-17(18)9-25-12-26-22/h5,7-13H,4,6H2,1-3H3,(H,27,32). The van der Waals surface area contributed by atoms with Crippen LogP contribution in [0.4, 0.5) is 5.69 Å². The van der Waals surface area contributed by atoms with Crippen molar-refractivity contribution in [2.75, 3.05) is 5.32 Å². The molecule has 5 aromatic heterocycles. The summed E-state index contributed by atoms with van der Waals surface area (Å²) in [5, 5.41) is 8.90. The molecule has 10 nitrogen and oxygen atoms in total. The highest BCUT2D eigenvalue weighted by Gasteiger charge is 2.20. The molecule has 0 radical (unpaired) electrons. The summed E-state index contributed by atoms with van der Waals surface area (Å²) < 4.78 is 3.64. The molecule has 0 fully saturated rings. The molecule has 1 N–H and O–H groups in total. The molecule has 5 rings (SSSR count). The van der Waals surface area contributed by atoms with E-state index in [-0.39, 0.29) is 24.2 Å². The Morgan fingerprint density at radius 1 is 1.15 bits per heavy atom. The van der Waals surface area contributed by atoms with Crippen molar-refractivity contribution in [2.24, 2.45) is 0 Å². The van der Waals surface area contributed by atoms with E-state index in [2.05, 4.69) is 30.4 Å². The summed E-state index contributed by atoms with van der Waals surface area (Å²) >= 11 is 1.51. The number of imidazole rings is 1. The number of hydrogen-bond donors (Lipinski definition) is 1. The fraction of sp³-hybridized carbons (Fsp3) is 0.261. The average molecular weight is 475 g/mol. The second kappa shape index (κ2) is 8.75. The molecule has 5 heterocycles. The molecule has 0 aliphatic rings. The number of aryl methyl sites for hydroxylation is 1. The van der Waals surface area contributed by atoms with Crippen molar-refractivity contribution in [2.45, 2.75) is 39.7 Å². The Kier molecular flexibility index (Phi) is 5.62. The van der Waals surface area contributed by atoms with Crippen LogP contribution in [-0.2, 0) is 17.6 Å². The molecule has 0 unspecified atom stereocenters. The quantitative estimate of drug-likeness (QED) is 0.359. The number of aromatic nitrogens is 7. The third-order valence-electron chi connectivity index (χ3n) is 5.36. The van der Waals surface area contributed by atoms with Crippen LogP contribution in [-0.4, -0.2) is 45.8 Å². The molecule has 5 aromatic rings. The minimum absolute atomic E-state index is 0.0922. The van der Waals surface area contributed by atoms with Crippen molar-refractivity contribution < 1.29 is 9.59 Å². The normalized spacial score (nSPS) is 11.5. The minimum atomic E-state index is -0.252. The van der Waals surface area contributed by atoms with Crippen LogP contribution >= 0.6 is 11.3 Å². The topological polar surface area (TPSA) is 120 Å². The first-order valence-corrected chi connectivity index (χ1v) is 11.7. The van der Waals surface area contributed by atoms with Gasteiger partial charge in [-0.15, -0.1) is 0 Å². The lowest BCUT2D eigenvalue weighted by Crippen LogP contribution is -2.15. The number of hydrogen-bond acceptors (Lipinski definition) is 8. The molecule has 0 aromatic carbocycles. The van der Waals surface area contributed by atoms with Gasteiger partial charge < -0.3 is 9.88 Å². The fourth-order valence-corrected chi connectivity index (χ4v) is 4.57. The summed E-state index contributed by atoms with van der Waals surface area (Å²) in [7, 11) is 0. The number of anilines is 1. The molecular weight excluding hydrogens is 452 g/mol. The van der Waals surface area contributed by atoms with E-state index in [0.717, 1.165) is 16.4 Å². The van der Waals surface area contributed by atoms with Crippen molar-refractivity contribution in [1.29, 1.82) is 0 Å². The predicted octanol–water partition coefficient (Wildman–Crippen LogP) is 3.49. The van der Waals surface area contributed by atoms with Crippen LogP contribution in [0.2, 0.25) is 0 Å². The molecule has 11 heteroatoms. The third-order valence-corrected chi connectivity index (χ3v) is 6.43. The highest BCUT2D eigenvalue weighted by atomic mass is 32.1. The molecule has 0 saturated heterocycles. The first-order valence-electron chi connectivity index (χ1n) is 10.9. The molecule has 0 bridgehead atoms. The number of nitrogens with zero attached hydrogens (tertiary/aromatic N) is 7. The number of pyridine rings is 1. The van der Waals surface area contributed by atoms with E-state index in [1.54, 1.807) is 29.2 Å². The maximum Gasteiger partial charge on any atom is 0.230 e. The largest absolute Gasteiger partial charge is 0.329 e. The zero-order valence-electron chi connectivity index (χ0n) is 18.9. The van der Waals surface area contributed by atoms with E-state index in [1.807, 2.05) is 25.3 Å². The molecule has 0 aliphatic carbocycles. The summed E-state index contributed by atoms with van der Waals surface area (Å²) in [4.78, 5) is 43.7. The highest BCUT2D eigenvalue weighted by Crippen LogP contribution is 2.25. The Morgan fingerprint density at radius 3 is 2.76 bits per heavy atom. The van der Waals surface area contributed by atoms with Gasteiger partial charge >= 0.3 is 0 Å². The maximum absolute atomic E-state index is 13.3. The predicted molar refractivity (Wildman–Crippen MR) is 128 cm³/mol. The Hall–Kier alpha value is -3.99. The summed E-state index contributed by atoms with van der Waals surface area (Å²) in [6.45, 7) is 6.09. The van der Waals surface area contributed by atoms with Gasteiger partial charge in [0.15, 0.2) is 5.78 Å². The lowest BCUT2D eigenvalue weighted by molar-refractivity contribution is -0.115. The van der Waals surface area contributed by atoms with Gasteiger partial charge in [0.1, 0.15) is 17.0 Å². The molecule has 1 amide bonds. The van der Waals surface area contributed by atoms with Gasteiger partial charge in [-0.25, -0.2) is 19.5 Å². The van der Waals surface area contributed by atoms with Crippen molar-refractivity contribution in [3.05, 3.63) is 65.2 Å². The number of rotatable bonds is 7. The van der Waals surface area contributed by atoms with Crippen LogP contribution in [0.3, 0.4) is 0 Å². The van der Waals surface area contributed by atoms with Crippen molar-refractivity contribution in [3.8, 4) is 0 Å². The van der Waals surface area contributed by atoms with Crippen LogP contribution < -0.4 is 5.32 Å². The van der Waals surface area contributed by atoms with Gasteiger partial charge in [-0.1, -0.05) is 18.3 Å². The summed E-state index contributed by atoms with van der Waals surface area (Å²) in [6, 6.07) is 1.75. The number of ketones is 1. The average Bonchev–Trinajstić information content (AvgIpc) is 3.49. The van der Waals surface area contributed by atoms with Gasteiger partial charge in [0.2, 0.25) is 10.9 Å². The van der Waals surface area contributed by atoms with Crippen molar-refractivity contribution in [1.82, 2.24) is 34.1 Å². The van der Waals surface area contributed by atoms with E-state index in [0.29, 0.717) is 33.5 Å². The lowest BCUT2D eigenvalue weighted by atomic mass is 10.1. The molecular formula is C23H22N8O2S. The zero-order chi connectivity index (χ0) is 23.8. The Bertz CT molecular complexity index is 1500. The Balaban J connectivity index is 1.35. The van der Waals surface area contributed by atoms with E-state index in [9.17, 15) is 9.59 Å². The van der Waals surface area contributed by atoms with E-state index in [1.165, 1.54) is 30.1 Å². The second-order valence-electron chi connectivity index (χ2n) is 8.13. The Morgan fingerprint density at radius 2 is 2.00 bits per heavy atom. The van der Waals surface area contributed by atoms with Crippen LogP contribution in [0.25, 0.3) is 16.0 Å². The van der Waals surface area contributed by atoms with E-state index in [4.69, 9.17) is 0 Å². The Labute approximate surface area is 198 Å². The number of amides is 1. The van der Waals surface area contributed by atoms with Crippen molar-refractivity contribution in [3.63, 3.8) is 0 Å². The first-order chi connectivity index (χ1) is 16.4. The highest BCUT2D eigenvalue weighted by molar-refractivity contribution is 7.16. The molecule has 0 aliphatic heterocycles. The summed E-state index contributed by atoms with van der Waals surface area (Å²) in [6.07, 6.45) is 10.6. The fourth-order valence-electron chi connectivity index (χ4n) is 3.74. The molecule has 0 atom stereocenters. The third kappa shape index (κ3) is 4.05. The second-order valence-corrected chi connectivity index (χ2v) is 9.17. The molecule has 0 saturated carbocycles. The van der Waals surface area contributed by atoms with E-state index >= 15 is 0 Å². The van der Waals surface area contributed by atoms with Gasteiger partial charge in [0, 0.05) is 35.6 Å². The van der Waals surface area contributed by atoms with Gasteiger partial charge in [-0.3, -0.25) is 14.6 Å². The number of fused-ring (bicyclic) bond motifs is 2. The number of nitrogens with one attached hydrogen (secondary N) is 1. The molecule has 0 spiro atoms. The lowest BCUT2D eigenvalue weighted by Gasteiger charge is -2.07. The van der Waals surface area contributed by atoms with Crippen LogP contribution in [0, 0.1) is 0 Å². The SMILES string of the molecule is CCc1nn2cc(CC(=O)Nc3cncc(C(=O)c4cn(C(C)C)c5ncncc45)c3)nc2s1. The van der Waals surface area contributed by atoms with Crippen LogP contribution in [0.1, 0.15) is 53.4 Å². The zero-order valence-corrected chi connectivity index (χ0v) is 19.7. The van der Waals surface area contributed by atoms with Gasteiger partial charge in [0.05, 0.1) is 35.8 Å². The van der Waals surface area contributed by atoms with Gasteiger partial charge in [-0.05, 0) is 26.3 Å². The first kappa shape index (κ1) is 21.8. The summed E-state index contributed by atoms with van der Waals surface area (Å²) in [5.74, 6) is -0.465. The minimum Gasteiger partial charge on any atom is -0.329 e. The molecule has 34 heavy (non-hydrogen) atoms. The number of carbonyl (C=O) groups is 2. The summed E-state index contributed by atoms with van der Waals surface area (Å²) in [5.41, 5.74) is 2.62. The van der Waals surface area contributed by atoms with Crippen molar-refractivity contribution >= 4 is 44.7 Å². The monoisotopic (exact) mass is 474 g/mol. The van der Waals surface area contributed by atoms with Gasteiger partial charge in [0.25, 0.3) is 0 Å². The van der Waals surface area contributed by atoms with E-state index < -0.39 is 0 Å². The maximum atomic E-state index is 13.3. The smallest absolute Gasteiger partial charge is 0.230 e. The van der Waals surface area contributed by atoms with Crippen LogP contribution in [0.5, 0.6) is 0 Å². The van der Waals surface area contributed by atoms with Gasteiger partial charge in [-0.2, -0.15) is 5.10 Å².